The summed E-state index contributed by atoms with van der Waals surface area (Å²) in [6, 6.07) is 14.3. The van der Waals surface area contributed by atoms with E-state index in [-0.39, 0.29) is 0 Å². The van der Waals surface area contributed by atoms with Gasteiger partial charge < -0.3 is 4.74 Å². The van der Waals surface area contributed by atoms with E-state index in [0.717, 1.165) is 16.4 Å². The first-order chi connectivity index (χ1) is 9.62. The van der Waals surface area contributed by atoms with E-state index in [0.29, 0.717) is 5.56 Å². The molecule has 0 aliphatic carbocycles. The van der Waals surface area contributed by atoms with E-state index in [4.69, 9.17) is 10.00 Å². The molecule has 2 rings (SSSR count). The van der Waals surface area contributed by atoms with Gasteiger partial charge in [0.2, 0.25) is 0 Å². The van der Waals surface area contributed by atoms with Gasteiger partial charge in [0.1, 0.15) is 11.8 Å². The summed E-state index contributed by atoms with van der Waals surface area (Å²) in [5.74, 6) is 1.64. The summed E-state index contributed by atoms with van der Waals surface area (Å²) in [5, 5.41) is 9.16. The number of ether oxygens (including phenoxy) is 1. The molecule has 3 heteroatoms. The Bertz CT molecular complexity index is 638. The molecule has 0 N–H and O–H groups in total. The molecule has 2 nitrogen and oxygen atoms in total. The van der Waals surface area contributed by atoms with Crippen molar-refractivity contribution in [2.75, 3.05) is 7.11 Å². The Labute approximate surface area is 124 Å². The molecule has 0 fully saturated rings. The lowest BCUT2D eigenvalue weighted by Crippen LogP contribution is -1.89. The number of thioether (sulfide) groups is 1. The number of nitriles is 1. The molecule has 0 bridgehead atoms. The van der Waals surface area contributed by atoms with Crippen molar-refractivity contribution < 1.29 is 4.74 Å². The van der Waals surface area contributed by atoms with Gasteiger partial charge in [0.15, 0.2) is 0 Å². The third kappa shape index (κ3) is 3.55. The van der Waals surface area contributed by atoms with Crippen LogP contribution in [0.5, 0.6) is 5.75 Å². The number of hydrogen-bond acceptors (Lipinski definition) is 3. The highest BCUT2D eigenvalue weighted by atomic mass is 32.2. The summed E-state index contributed by atoms with van der Waals surface area (Å²) >= 11 is 1.67. The van der Waals surface area contributed by atoms with Gasteiger partial charge in [-0.1, -0.05) is 29.3 Å². The fourth-order valence-electron chi connectivity index (χ4n) is 2.15. The standard InChI is InChI=1S/C17H17NOS/c1-12-6-13(2)8-14(7-12)11-20-17-9-16(19-3)5-4-15(17)10-18/h4-9H,11H2,1-3H3. The van der Waals surface area contributed by atoms with Crippen LogP contribution in [0.4, 0.5) is 0 Å². The lowest BCUT2D eigenvalue weighted by molar-refractivity contribution is 0.413. The van der Waals surface area contributed by atoms with Crippen LogP contribution in [-0.4, -0.2) is 7.11 Å². The highest BCUT2D eigenvalue weighted by molar-refractivity contribution is 7.98. The molecule has 0 atom stereocenters. The Kier molecular flexibility index (Phi) is 4.70. The van der Waals surface area contributed by atoms with Gasteiger partial charge in [0.25, 0.3) is 0 Å². The molecule has 102 valence electrons. The molecule has 2 aromatic rings. The normalized spacial score (nSPS) is 10.1. The molecule has 0 radical (unpaired) electrons. The van der Waals surface area contributed by atoms with Crippen LogP contribution in [0.15, 0.2) is 41.3 Å². The lowest BCUT2D eigenvalue weighted by atomic mass is 10.1. The summed E-state index contributed by atoms with van der Waals surface area (Å²) in [4.78, 5) is 0.964. The first kappa shape index (κ1) is 14.5. The van der Waals surface area contributed by atoms with E-state index < -0.39 is 0 Å². The predicted octanol–water partition coefficient (Wildman–Crippen LogP) is 4.48. The van der Waals surface area contributed by atoms with Gasteiger partial charge in [-0.15, -0.1) is 11.8 Å². The Hall–Kier alpha value is -1.92. The number of hydrogen-bond donors (Lipinski definition) is 0. The molecule has 0 heterocycles. The molecule has 0 amide bonds. The maximum Gasteiger partial charge on any atom is 0.120 e. The van der Waals surface area contributed by atoms with Crippen molar-refractivity contribution in [1.29, 1.82) is 5.26 Å². The van der Waals surface area contributed by atoms with Gasteiger partial charge >= 0.3 is 0 Å². The highest BCUT2D eigenvalue weighted by Crippen LogP contribution is 2.30. The van der Waals surface area contributed by atoms with Crippen molar-refractivity contribution in [1.82, 2.24) is 0 Å². The zero-order valence-corrected chi connectivity index (χ0v) is 12.8. The van der Waals surface area contributed by atoms with Gasteiger partial charge in [0.05, 0.1) is 12.7 Å². The van der Waals surface area contributed by atoms with E-state index in [9.17, 15) is 0 Å². The number of rotatable bonds is 4. The number of nitrogens with zero attached hydrogens (tertiary/aromatic N) is 1. The van der Waals surface area contributed by atoms with Crippen molar-refractivity contribution >= 4 is 11.8 Å². The summed E-state index contributed by atoms with van der Waals surface area (Å²) in [7, 11) is 1.64. The molecule has 0 spiro atoms. The zero-order chi connectivity index (χ0) is 14.5. The van der Waals surface area contributed by atoms with Crippen LogP contribution in [0.1, 0.15) is 22.3 Å². The van der Waals surface area contributed by atoms with Crippen molar-refractivity contribution in [2.24, 2.45) is 0 Å². The first-order valence-corrected chi connectivity index (χ1v) is 7.39. The second kappa shape index (κ2) is 6.49. The minimum atomic E-state index is 0.695. The molecule has 0 saturated heterocycles. The summed E-state index contributed by atoms with van der Waals surface area (Å²) in [5.41, 5.74) is 4.51. The second-order valence-electron chi connectivity index (χ2n) is 4.76. The summed E-state index contributed by atoms with van der Waals surface area (Å²) < 4.78 is 5.22. The van der Waals surface area contributed by atoms with Gasteiger partial charge in [-0.3, -0.25) is 0 Å². The van der Waals surface area contributed by atoms with E-state index in [1.165, 1.54) is 16.7 Å². The molecule has 20 heavy (non-hydrogen) atoms. The van der Waals surface area contributed by atoms with Crippen LogP contribution in [0.2, 0.25) is 0 Å². The maximum absolute atomic E-state index is 9.16. The Morgan fingerprint density at radius 2 is 1.80 bits per heavy atom. The van der Waals surface area contributed by atoms with Crippen molar-refractivity contribution in [3.63, 3.8) is 0 Å². The predicted molar refractivity (Wildman–Crippen MR) is 83.2 cm³/mol. The Morgan fingerprint density at radius 1 is 1.10 bits per heavy atom. The van der Waals surface area contributed by atoms with Crippen LogP contribution in [0.25, 0.3) is 0 Å². The van der Waals surface area contributed by atoms with Crippen LogP contribution in [0, 0.1) is 25.2 Å². The molecule has 0 aliphatic heterocycles. The summed E-state index contributed by atoms with van der Waals surface area (Å²) in [6.45, 7) is 4.21. The Balaban J connectivity index is 2.20. The molecule has 0 aliphatic rings. The van der Waals surface area contributed by atoms with Gasteiger partial charge in [-0.25, -0.2) is 0 Å². The van der Waals surface area contributed by atoms with Crippen LogP contribution in [-0.2, 0) is 5.75 Å². The first-order valence-electron chi connectivity index (χ1n) is 6.40. The lowest BCUT2D eigenvalue weighted by Gasteiger charge is -2.08. The van der Waals surface area contributed by atoms with Crippen LogP contribution in [0.3, 0.4) is 0 Å². The van der Waals surface area contributed by atoms with Crippen molar-refractivity contribution in [2.45, 2.75) is 24.5 Å². The fourth-order valence-corrected chi connectivity index (χ4v) is 3.11. The summed E-state index contributed by atoms with van der Waals surface area (Å²) in [6.07, 6.45) is 0. The Morgan fingerprint density at radius 3 is 2.40 bits per heavy atom. The molecular weight excluding hydrogens is 266 g/mol. The largest absolute Gasteiger partial charge is 0.497 e. The SMILES string of the molecule is COc1ccc(C#N)c(SCc2cc(C)cc(C)c2)c1. The van der Waals surface area contributed by atoms with E-state index in [1.807, 2.05) is 18.2 Å². The average molecular weight is 283 g/mol. The smallest absolute Gasteiger partial charge is 0.120 e. The zero-order valence-electron chi connectivity index (χ0n) is 11.9. The third-order valence-corrected chi connectivity index (χ3v) is 4.11. The van der Waals surface area contributed by atoms with Crippen molar-refractivity contribution in [3.05, 3.63) is 58.7 Å². The monoisotopic (exact) mass is 283 g/mol. The number of benzene rings is 2. The molecule has 0 aromatic heterocycles. The third-order valence-electron chi connectivity index (χ3n) is 2.99. The quantitative estimate of drug-likeness (QED) is 0.776. The van der Waals surface area contributed by atoms with E-state index in [1.54, 1.807) is 18.9 Å². The van der Waals surface area contributed by atoms with Gasteiger partial charge in [-0.2, -0.15) is 5.26 Å². The second-order valence-corrected chi connectivity index (χ2v) is 5.78. The average Bonchev–Trinajstić information content (AvgIpc) is 2.43. The van der Waals surface area contributed by atoms with E-state index >= 15 is 0 Å². The maximum atomic E-state index is 9.16. The van der Waals surface area contributed by atoms with Gasteiger partial charge in [0, 0.05) is 10.6 Å². The van der Waals surface area contributed by atoms with Crippen molar-refractivity contribution in [3.8, 4) is 11.8 Å². The van der Waals surface area contributed by atoms with Crippen LogP contribution >= 0.6 is 11.8 Å². The minimum Gasteiger partial charge on any atom is -0.497 e. The molecule has 2 aromatic carbocycles. The topological polar surface area (TPSA) is 33.0 Å². The molecular formula is C17H17NOS. The number of aryl methyl sites for hydroxylation is 2. The number of methoxy groups -OCH3 is 1. The minimum absolute atomic E-state index is 0.695. The van der Waals surface area contributed by atoms with E-state index in [2.05, 4.69) is 38.1 Å². The fraction of sp³-hybridized carbons (Fsp3) is 0.235. The molecule has 0 saturated carbocycles. The van der Waals surface area contributed by atoms with Crippen LogP contribution < -0.4 is 4.74 Å². The highest BCUT2D eigenvalue weighted by Gasteiger charge is 2.06. The molecule has 0 unspecified atom stereocenters. The van der Waals surface area contributed by atoms with Gasteiger partial charge in [-0.05, 0) is 37.6 Å².